The van der Waals surface area contributed by atoms with Crippen LogP contribution in [-0.2, 0) is 20.9 Å². The van der Waals surface area contributed by atoms with Crippen molar-refractivity contribution in [2.45, 2.75) is 46.7 Å². The Labute approximate surface area is 206 Å². The molecular weight excluding hydrogens is 541 g/mol. The monoisotopic (exact) mass is 571 g/mol. The number of anilines is 1. The molecule has 1 atom stereocenters. The van der Waals surface area contributed by atoms with Crippen molar-refractivity contribution in [2.24, 2.45) is 0 Å². The van der Waals surface area contributed by atoms with Gasteiger partial charge in [-0.15, -0.1) is 0 Å². The van der Waals surface area contributed by atoms with Crippen LogP contribution in [0, 0.1) is 17.4 Å². The van der Waals surface area contributed by atoms with Crippen LogP contribution in [0.1, 0.15) is 37.7 Å². The van der Waals surface area contributed by atoms with Crippen molar-refractivity contribution >= 4 is 46.2 Å². The number of carbonyl (C=O) groups is 3. The van der Waals surface area contributed by atoms with Crippen LogP contribution in [0.25, 0.3) is 0 Å². The highest BCUT2D eigenvalue weighted by atomic mass is 127. The fourth-order valence-electron chi connectivity index (χ4n) is 3.57. The molecule has 1 aliphatic rings. The van der Waals surface area contributed by atoms with Crippen LogP contribution in [0.4, 0.5) is 10.5 Å². The molecule has 1 unspecified atom stereocenters. The topological polar surface area (TPSA) is 115 Å². The smallest absolute Gasteiger partial charge is 0.409 e. The molecule has 1 N–H and O–H groups in total. The van der Waals surface area contributed by atoms with E-state index in [0.717, 1.165) is 9.26 Å². The fraction of sp³-hybridized carbons (Fsp3) is 0.571. The lowest BCUT2D eigenvalue weighted by atomic mass is 10.2. The van der Waals surface area contributed by atoms with Gasteiger partial charge in [0, 0.05) is 44.5 Å². The standard InChI is InChI=1S/C21H30IN7O4/c1-5-33-21(32)27-10-8-26(9-11-27)20(31)16(4)29-13-18(14(2)25-29)24-19(30)6-7-28-15(3)17(22)12-23-28/h12-13,16H,5-11H2,1-4H3,(H,24,30). The Bertz CT molecular complexity index is 1010. The van der Waals surface area contributed by atoms with E-state index in [1.165, 1.54) is 0 Å². The van der Waals surface area contributed by atoms with Gasteiger partial charge in [-0.05, 0) is 50.3 Å². The summed E-state index contributed by atoms with van der Waals surface area (Å²) in [4.78, 5) is 40.6. The van der Waals surface area contributed by atoms with Gasteiger partial charge in [-0.2, -0.15) is 10.2 Å². The van der Waals surface area contributed by atoms with E-state index in [4.69, 9.17) is 4.74 Å². The van der Waals surface area contributed by atoms with Crippen molar-refractivity contribution in [3.63, 3.8) is 0 Å². The van der Waals surface area contributed by atoms with Crippen molar-refractivity contribution < 1.29 is 19.1 Å². The number of hydrogen-bond donors (Lipinski definition) is 1. The number of piperazine rings is 1. The Balaban J connectivity index is 1.54. The van der Waals surface area contributed by atoms with Crippen molar-refractivity contribution in [1.82, 2.24) is 29.4 Å². The molecule has 3 rings (SSSR count). The van der Waals surface area contributed by atoms with Crippen molar-refractivity contribution in [2.75, 3.05) is 38.1 Å². The van der Waals surface area contributed by atoms with Crippen molar-refractivity contribution in [3.05, 3.63) is 27.4 Å². The SMILES string of the molecule is CCOC(=O)N1CCN(C(=O)C(C)n2cc(NC(=O)CCn3ncc(I)c3C)c(C)n2)CC1. The van der Waals surface area contributed by atoms with E-state index >= 15 is 0 Å². The van der Waals surface area contributed by atoms with E-state index in [1.807, 2.05) is 6.92 Å². The first-order chi connectivity index (χ1) is 15.7. The first kappa shape index (κ1) is 25.0. The van der Waals surface area contributed by atoms with E-state index in [-0.39, 0.29) is 24.3 Å². The third-order valence-electron chi connectivity index (χ3n) is 5.66. The van der Waals surface area contributed by atoms with Gasteiger partial charge in [0.05, 0.1) is 34.3 Å². The highest BCUT2D eigenvalue weighted by molar-refractivity contribution is 14.1. The van der Waals surface area contributed by atoms with Gasteiger partial charge in [0.1, 0.15) is 6.04 Å². The lowest BCUT2D eigenvalue weighted by molar-refractivity contribution is -0.136. The number of amides is 3. The number of nitrogens with zero attached hydrogens (tertiary/aromatic N) is 6. The molecule has 11 nitrogen and oxygen atoms in total. The highest BCUT2D eigenvalue weighted by Crippen LogP contribution is 2.19. The van der Waals surface area contributed by atoms with Crippen molar-refractivity contribution in [3.8, 4) is 0 Å². The second-order valence-electron chi connectivity index (χ2n) is 7.89. The number of ether oxygens (including phenoxy) is 1. The van der Waals surface area contributed by atoms with Gasteiger partial charge in [-0.1, -0.05) is 0 Å². The molecule has 1 aliphatic heterocycles. The van der Waals surface area contributed by atoms with Crippen LogP contribution in [-0.4, -0.2) is 80.1 Å². The second-order valence-corrected chi connectivity index (χ2v) is 9.06. The average Bonchev–Trinajstić information content (AvgIpc) is 3.33. The molecule has 0 radical (unpaired) electrons. The summed E-state index contributed by atoms with van der Waals surface area (Å²) in [5.41, 5.74) is 2.25. The third kappa shape index (κ3) is 6.03. The molecule has 3 heterocycles. The summed E-state index contributed by atoms with van der Waals surface area (Å²) in [6.07, 6.45) is 3.39. The molecule has 0 saturated carbocycles. The number of halogens is 1. The maximum absolute atomic E-state index is 13.0. The molecule has 2 aromatic heterocycles. The van der Waals surface area contributed by atoms with E-state index in [1.54, 1.807) is 52.3 Å². The molecule has 1 fully saturated rings. The average molecular weight is 571 g/mol. The third-order valence-corrected chi connectivity index (χ3v) is 6.72. The number of carbonyl (C=O) groups excluding carboxylic acids is 3. The van der Waals surface area contributed by atoms with Crippen LogP contribution >= 0.6 is 22.6 Å². The molecule has 0 aliphatic carbocycles. The number of rotatable bonds is 7. The largest absolute Gasteiger partial charge is 0.450 e. The Morgan fingerprint density at radius 3 is 2.45 bits per heavy atom. The molecule has 0 aromatic carbocycles. The first-order valence-corrected chi connectivity index (χ1v) is 12.0. The van der Waals surface area contributed by atoms with Gasteiger partial charge in [-0.25, -0.2) is 4.79 Å². The van der Waals surface area contributed by atoms with E-state index in [0.29, 0.717) is 50.7 Å². The summed E-state index contributed by atoms with van der Waals surface area (Å²) in [6.45, 7) is 9.88. The molecule has 12 heteroatoms. The Kier molecular flexibility index (Phi) is 8.32. The zero-order valence-corrected chi connectivity index (χ0v) is 21.5. The minimum absolute atomic E-state index is 0.0809. The molecule has 0 bridgehead atoms. The number of hydrogen-bond acceptors (Lipinski definition) is 6. The molecule has 2 aromatic rings. The zero-order chi connectivity index (χ0) is 24.1. The maximum atomic E-state index is 13.0. The van der Waals surface area contributed by atoms with Crippen molar-refractivity contribution in [1.29, 1.82) is 0 Å². The molecule has 33 heavy (non-hydrogen) atoms. The van der Waals surface area contributed by atoms with Crippen LogP contribution in [0.3, 0.4) is 0 Å². The molecular formula is C21H30IN7O4. The molecule has 180 valence electrons. The van der Waals surface area contributed by atoms with Crippen LogP contribution in [0.2, 0.25) is 0 Å². The Morgan fingerprint density at radius 2 is 1.85 bits per heavy atom. The zero-order valence-electron chi connectivity index (χ0n) is 19.4. The summed E-state index contributed by atoms with van der Waals surface area (Å²) in [5, 5.41) is 11.6. The van der Waals surface area contributed by atoms with Crippen LogP contribution in [0.5, 0.6) is 0 Å². The van der Waals surface area contributed by atoms with Gasteiger partial charge in [0.2, 0.25) is 11.8 Å². The summed E-state index contributed by atoms with van der Waals surface area (Å²) in [5.74, 6) is -0.223. The van der Waals surface area contributed by atoms with Gasteiger partial charge in [0.15, 0.2) is 0 Å². The van der Waals surface area contributed by atoms with Gasteiger partial charge >= 0.3 is 6.09 Å². The normalized spacial score (nSPS) is 14.8. The summed E-state index contributed by atoms with van der Waals surface area (Å²) >= 11 is 2.21. The number of aryl methyl sites for hydroxylation is 2. The number of aromatic nitrogens is 4. The number of nitrogens with one attached hydrogen (secondary N) is 1. The van der Waals surface area contributed by atoms with Gasteiger partial charge < -0.3 is 19.9 Å². The Morgan fingerprint density at radius 1 is 1.18 bits per heavy atom. The quantitative estimate of drug-likeness (QED) is 0.510. The van der Waals surface area contributed by atoms with E-state index in [2.05, 4.69) is 38.1 Å². The van der Waals surface area contributed by atoms with Crippen LogP contribution in [0.15, 0.2) is 12.4 Å². The van der Waals surface area contributed by atoms with E-state index in [9.17, 15) is 14.4 Å². The van der Waals surface area contributed by atoms with Gasteiger partial charge in [-0.3, -0.25) is 19.0 Å². The summed E-state index contributed by atoms with van der Waals surface area (Å²) < 4.78 is 9.46. The lowest BCUT2D eigenvalue weighted by Gasteiger charge is -2.35. The van der Waals surface area contributed by atoms with E-state index < -0.39 is 6.04 Å². The molecule has 1 saturated heterocycles. The summed E-state index contributed by atoms with van der Waals surface area (Å²) in [6, 6.07) is -0.530. The predicted octanol–water partition coefficient (Wildman–Crippen LogP) is 2.19. The maximum Gasteiger partial charge on any atom is 0.409 e. The lowest BCUT2D eigenvalue weighted by Crippen LogP contribution is -2.52. The minimum Gasteiger partial charge on any atom is -0.450 e. The first-order valence-electron chi connectivity index (χ1n) is 10.9. The molecule has 0 spiro atoms. The Hall–Kier alpha value is -2.64. The predicted molar refractivity (Wildman–Crippen MR) is 130 cm³/mol. The second kappa shape index (κ2) is 11.0. The van der Waals surface area contributed by atoms with Gasteiger partial charge in [0.25, 0.3) is 0 Å². The minimum atomic E-state index is -0.530. The summed E-state index contributed by atoms with van der Waals surface area (Å²) in [7, 11) is 0. The van der Waals surface area contributed by atoms with Crippen LogP contribution < -0.4 is 5.32 Å². The fourth-order valence-corrected chi connectivity index (χ4v) is 3.98. The highest BCUT2D eigenvalue weighted by Gasteiger charge is 2.29. The molecule has 3 amide bonds.